The number of carbonyl (C=O) groups is 2. The largest absolute Gasteiger partial charge is 0.478 e. The van der Waals surface area contributed by atoms with Crippen LogP contribution in [0.25, 0.3) is 0 Å². The second-order valence-electron chi connectivity index (χ2n) is 6.98. The van der Waals surface area contributed by atoms with Gasteiger partial charge in [-0.2, -0.15) is 0 Å². The number of amides is 1. The van der Waals surface area contributed by atoms with E-state index in [1.54, 1.807) is 12.1 Å². The van der Waals surface area contributed by atoms with Crippen molar-refractivity contribution in [1.82, 2.24) is 4.57 Å². The molecule has 5 heteroatoms. The molecule has 5 nitrogen and oxygen atoms in total. The number of nitrogens with zero attached hydrogens (tertiary/aromatic N) is 1. The number of benzene rings is 2. The summed E-state index contributed by atoms with van der Waals surface area (Å²) < 4.78 is 2.17. The van der Waals surface area contributed by atoms with Crippen LogP contribution in [0.2, 0.25) is 0 Å². The van der Waals surface area contributed by atoms with Gasteiger partial charge >= 0.3 is 5.97 Å². The smallest absolute Gasteiger partial charge is 0.335 e. The van der Waals surface area contributed by atoms with Crippen molar-refractivity contribution in [3.63, 3.8) is 0 Å². The van der Waals surface area contributed by atoms with E-state index in [1.807, 2.05) is 44.2 Å². The van der Waals surface area contributed by atoms with Crippen LogP contribution in [0.4, 0.5) is 0 Å². The van der Waals surface area contributed by atoms with Crippen LogP contribution in [0.3, 0.4) is 0 Å². The van der Waals surface area contributed by atoms with Crippen molar-refractivity contribution in [2.24, 2.45) is 5.73 Å². The van der Waals surface area contributed by atoms with Gasteiger partial charge in [0.2, 0.25) is 5.91 Å². The van der Waals surface area contributed by atoms with E-state index in [1.165, 1.54) is 0 Å². The summed E-state index contributed by atoms with van der Waals surface area (Å²) in [6, 6.07) is 17.1. The summed E-state index contributed by atoms with van der Waals surface area (Å²) in [5.74, 6) is -1.35. The van der Waals surface area contributed by atoms with Gasteiger partial charge in [-0.15, -0.1) is 0 Å². The van der Waals surface area contributed by atoms with E-state index in [4.69, 9.17) is 5.73 Å². The number of carboxylic acid groups (broad SMARTS) is 1. The van der Waals surface area contributed by atoms with E-state index in [9.17, 15) is 14.7 Å². The Morgan fingerprint density at radius 1 is 0.929 bits per heavy atom. The predicted octanol–water partition coefficient (Wildman–Crippen LogP) is 3.47. The van der Waals surface area contributed by atoms with E-state index in [0.717, 1.165) is 33.6 Å². The van der Waals surface area contributed by atoms with Crippen molar-refractivity contribution in [2.45, 2.75) is 33.2 Å². The van der Waals surface area contributed by atoms with E-state index < -0.39 is 11.9 Å². The SMILES string of the molecule is Cc1c(CC(N)=O)c(Cc2ccccc2C(=O)O)c(C)n1Cc1ccccc1. The van der Waals surface area contributed by atoms with Gasteiger partial charge in [-0.05, 0) is 42.2 Å². The summed E-state index contributed by atoms with van der Waals surface area (Å²) in [6.45, 7) is 4.69. The van der Waals surface area contributed by atoms with Crippen LogP contribution in [0.5, 0.6) is 0 Å². The minimum Gasteiger partial charge on any atom is -0.478 e. The van der Waals surface area contributed by atoms with Crippen molar-refractivity contribution in [1.29, 1.82) is 0 Å². The van der Waals surface area contributed by atoms with E-state index >= 15 is 0 Å². The van der Waals surface area contributed by atoms with Gasteiger partial charge in [0, 0.05) is 24.4 Å². The number of carboxylic acids is 1. The molecule has 0 aliphatic heterocycles. The predicted molar refractivity (Wildman–Crippen MR) is 109 cm³/mol. The molecule has 0 unspecified atom stereocenters. The van der Waals surface area contributed by atoms with Crippen molar-refractivity contribution in [3.05, 3.63) is 93.8 Å². The van der Waals surface area contributed by atoms with E-state index in [0.29, 0.717) is 13.0 Å². The van der Waals surface area contributed by atoms with Crippen molar-refractivity contribution in [2.75, 3.05) is 0 Å². The van der Waals surface area contributed by atoms with Gasteiger partial charge in [0.1, 0.15) is 0 Å². The zero-order valence-corrected chi connectivity index (χ0v) is 16.1. The Labute approximate surface area is 164 Å². The second-order valence-corrected chi connectivity index (χ2v) is 6.98. The molecule has 3 N–H and O–H groups in total. The summed E-state index contributed by atoms with van der Waals surface area (Å²) in [6.07, 6.45) is 0.582. The summed E-state index contributed by atoms with van der Waals surface area (Å²) in [4.78, 5) is 23.3. The number of aromatic nitrogens is 1. The second kappa shape index (κ2) is 8.13. The highest BCUT2D eigenvalue weighted by Gasteiger charge is 2.21. The number of carbonyl (C=O) groups excluding carboxylic acids is 1. The van der Waals surface area contributed by atoms with Gasteiger partial charge in [-0.1, -0.05) is 48.5 Å². The van der Waals surface area contributed by atoms with Gasteiger partial charge in [-0.3, -0.25) is 4.79 Å². The van der Waals surface area contributed by atoms with Gasteiger partial charge in [-0.25, -0.2) is 4.79 Å². The molecule has 0 radical (unpaired) electrons. The van der Waals surface area contributed by atoms with Crippen LogP contribution in [0, 0.1) is 13.8 Å². The first-order chi connectivity index (χ1) is 13.4. The Balaban J connectivity index is 2.08. The topological polar surface area (TPSA) is 85.3 Å². The molecule has 0 fully saturated rings. The molecular weight excluding hydrogens is 352 g/mol. The summed E-state index contributed by atoms with van der Waals surface area (Å²) in [5, 5.41) is 9.50. The third-order valence-electron chi connectivity index (χ3n) is 5.20. The first-order valence-corrected chi connectivity index (χ1v) is 9.19. The fourth-order valence-corrected chi connectivity index (χ4v) is 3.73. The molecule has 28 heavy (non-hydrogen) atoms. The quantitative estimate of drug-likeness (QED) is 0.662. The van der Waals surface area contributed by atoms with Crippen molar-refractivity contribution < 1.29 is 14.7 Å². The molecule has 0 aliphatic rings. The lowest BCUT2D eigenvalue weighted by molar-refractivity contribution is -0.117. The molecule has 2 aromatic carbocycles. The highest BCUT2D eigenvalue weighted by atomic mass is 16.4. The molecule has 3 rings (SSSR count). The monoisotopic (exact) mass is 376 g/mol. The normalized spacial score (nSPS) is 10.8. The Hall–Kier alpha value is -3.34. The standard InChI is InChI=1S/C23H24N2O3/c1-15-20(12-18-10-6-7-11-19(18)23(27)28)21(13-22(24)26)16(2)25(15)14-17-8-4-3-5-9-17/h3-11H,12-14H2,1-2H3,(H2,24,26)(H,27,28). The Morgan fingerprint density at radius 3 is 2.18 bits per heavy atom. The fraction of sp³-hybridized carbons (Fsp3) is 0.217. The molecule has 0 bridgehead atoms. The maximum atomic E-state index is 11.7. The lowest BCUT2D eigenvalue weighted by Crippen LogP contribution is -2.15. The minimum atomic E-state index is -0.954. The summed E-state index contributed by atoms with van der Waals surface area (Å²) >= 11 is 0. The van der Waals surface area contributed by atoms with Gasteiger partial charge in [0.05, 0.1) is 12.0 Å². The summed E-state index contributed by atoms with van der Waals surface area (Å²) in [5.41, 5.74) is 11.5. The molecule has 1 amide bonds. The highest BCUT2D eigenvalue weighted by Crippen LogP contribution is 2.27. The molecule has 1 aromatic heterocycles. The maximum Gasteiger partial charge on any atom is 0.335 e. The van der Waals surface area contributed by atoms with Crippen molar-refractivity contribution >= 4 is 11.9 Å². The number of nitrogens with two attached hydrogens (primary N) is 1. The molecule has 0 atom stereocenters. The molecule has 1 heterocycles. The van der Waals surface area contributed by atoms with Crippen LogP contribution < -0.4 is 5.73 Å². The number of hydrogen-bond acceptors (Lipinski definition) is 2. The Morgan fingerprint density at radius 2 is 1.54 bits per heavy atom. The molecule has 144 valence electrons. The van der Waals surface area contributed by atoms with Gasteiger partial charge in [0.25, 0.3) is 0 Å². The number of rotatable bonds is 7. The fourth-order valence-electron chi connectivity index (χ4n) is 3.73. The maximum absolute atomic E-state index is 11.7. The first-order valence-electron chi connectivity index (χ1n) is 9.19. The third-order valence-corrected chi connectivity index (χ3v) is 5.20. The van der Waals surface area contributed by atoms with Gasteiger partial charge in [0.15, 0.2) is 0 Å². The lowest BCUT2D eigenvalue weighted by atomic mass is 9.95. The molecular formula is C23H24N2O3. The van der Waals surface area contributed by atoms with Crippen LogP contribution in [-0.4, -0.2) is 21.6 Å². The molecule has 3 aromatic rings. The number of primary amides is 1. The average Bonchev–Trinajstić information content (AvgIpc) is 2.87. The minimum absolute atomic E-state index is 0.138. The van der Waals surface area contributed by atoms with Crippen LogP contribution in [0.15, 0.2) is 54.6 Å². The van der Waals surface area contributed by atoms with Crippen molar-refractivity contribution in [3.8, 4) is 0 Å². The number of aromatic carboxylic acids is 1. The lowest BCUT2D eigenvalue weighted by Gasteiger charge is -2.11. The van der Waals surface area contributed by atoms with Crippen LogP contribution >= 0.6 is 0 Å². The number of hydrogen-bond donors (Lipinski definition) is 2. The zero-order valence-electron chi connectivity index (χ0n) is 16.1. The van der Waals surface area contributed by atoms with E-state index in [-0.39, 0.29) is 12.0 Å². The Kier molecular flexibility index (Phi) is 5.64. The van der Waals surface area contributed by atoms with Gasteiger partial charge < -0.3 is 15.4 Å². The summed E-state index contributed by atoms with van der Waals surface area (Å²) in [7, 11) is 0. The third kappa shape index (κ3) is 3.98. The highest BCUT2D eigenvalue weighted by molar-refractivity contribution is 5.89. The first kappa shape index (κ1) is 19.4. The van der Waals surface area contributed by atoms with Crippen LogP contribution in [-0.2, 0) is 24.2 Å². The Bertz CT molecular complexity index is 1020. The zero-order chi connectivity index (χ0) is 20.3. The molecule has 0 saturated carbocycles. The average molecular weight is 376 g/mol. The molecule has 0 spiro atoms. The van der Waals surface area contributed by atoms with Crippen LogP contribution in [0.1, 0.15) is 44.0 Å². The molecule has 0 saturated heterocycles. The molecule has 0 aliphatic carbocycles. The van der Waals surface area contributed by atoms with E-state index in [2.05, 4.69) is 16.7 Å².